The summed E-state index contributed by atoms with van der Waals surface area (Å²) in [6.07, 6.45) is 0.710. The van der Waals surface area contributed by atoms with Gasteiger partial charge in [0, 0.05) is 0 Å². The lowest BCUT2D eigenvalue weighted by atomic mass is 9.96. The Balaban J connectivity index is 5.21. The van der Waals surface area contributed by atoms with Gasteiger partial charge in [-0.1, -0.05) is 48.0 Å². The number of hydrogen-bond donors (Lipinski definition) is 8. The molecule has 0 aromatic carbocycles. The van der Waals surface area contributed by atoms with E-state index in [-0.39, 0.29) is 24.2 Å². The van der Waals surface area contributed by atoms with Crippen LogP contribution in [-0.4, -0.2) is 78.1 Å². The molecule has 15 nitrogen and oxygen atoms in total. The number of primary amides is 2. The SMILES string of the molecule is CC[C@H](C)[C@H](NC(=O)[C@H](C)NC(=O)CNC(=O)[C@H](CC(C)C)NC(=O)[C@@H](N)CC(N)=O)C(=O)N[C@@H](CC(C)C)C(N)=O. The van der Waals surface area contributed by atoms with Gasteiger partial charge in [-0.2, -0.15) is 0 Å². The molecule has 0 rings (SSSR count). The molecule has 6 atom stereocenters. The van der Waals surface area contributed by atoms with E-state index in [1.165, 1.54) is 6.92 Å². The summed E-state index contributed by atoms with van der Waals surface area (Å²) in [5, 5.41) is 12.6. The van der Waals surface area contributed by atoms with Gasteiger partial charge in [0.2, 0.25) is 41.4 Å². The van der Waals surface area contributed by atoms with Crippen molar-refractivity contribution in [2.45, 2.75) is 104 Å². The number of nitrogens with one attached hydrogen (secondary N) is 5. The lowest BCUT2D eigenvalue weighted by molar-refractivity contribution is -0.134. The van der Waals surface area contributed by atoms with Gasteiger partial charge in [0.15, 0.2) is 0 Å². The van der Waals surface area contributed by atoms with Crippen LogP contribution < -0.4 is 43.8 Å². The molecule has 15 heteroatoms. The molecule has 7 amide bonds. The topological polar surface area (TPSA) is 258 Å². The van der Waals surface area contributed by atoms with E-state index in [2.05, 4.69) is 26.6 Å². The van der Waals surface area contributed by atoms with Crippen LogP contribution in [0.1, 0.15) is 74.1 Å². The molecule has 0 fully saturated rings. The van der Waals surface area contributed by atoms with Crippen LogP contribution in [0.15, 0.2) is 0 Å². The third-order valence-electron chi connectivity index (χ3n) is 6.45. The van der Waals surface area contributed by atoms with E-state index in [1.807, 2.05) is 34.6 Å². The van der Waals surface area contributed by atoms with Gasteiger partial charge < -0.3 is 43.8 Å². The Hall–Kier alpha value is -3.75. The van der Waals surface area contributed by atoms with E-state index in [0.29, 0.717) is 12.8 Å². The number of nitrogens with two attached hydrogens (primary N) is 3. The first kappa shape index (κ1) is 38.2. The molecule has 11 N–H and O–H groups in total. The fraction of sp³-hybridized carbons (Fsp3) is 0.741. The first-order chi connectivity index (χ1) is 19.4. The maximum atomic E-state index is 13.0. The second-order valence-corrected chi connectivity index (χ2v) is 11.4. The molecule has 0 aliphatic rings. The second kappa shape index (κ2) is 18.6. The average molecular weight is 599 g/mol. The summed E-state index contributed by atoms with van der Waals surface area (Å²) in [7, 11) is 0. The van der Waals surface area contributed by atoms with Crippen molar-refractivity contribution in [1.82, 2.24) is 26.6 Å². The molecule has 0 saturated carbocycles. The highest BCUT2D eigenvalue weighted by Gasteiger charge is 2.31. The smallest absolute Gasteiger partial charge is 0.243 e. The van der Waals surface area contributed by atoms with Gasteiger partial charge in [0.1, 0.15) is 24.2 Å². The third-order valence-corrected chi connectivity index (χ3v) is 6.45. The van der Waals surface area contributed by atoms with E-state index in [1.54, 1.807) is 6.92 Å². The van der Waals surface area contributed by atoms with Crippen molar-refractivity contribution in [2.75, 3.05) is 6.54 Å². The first-order valence-corrected chi connectivity index (χ1v) is 14.2. The zero-order valence-electron chi connectivity index (χ0n) is 25.7. The van der Waals surface area contributed by atoms with Crippen LogP contribution in [0.4, 0.5) is 0 Å². The van der Waals surface area contributed by atoms with Crippen molar-refractivity contribution in [3.8, 4) is 0 Å². The average Bonchev–Trinajstić information content (AvgIpc) is 2.87. The minimum absolute atomic E-state index is 0.00903. The zero-order chi connectivity index (χ0) is 32.7. The van der Waals surface area contributed by atoms with E-state index in [0.717, 1.165) is 0 Å². The number of rotatable bonds is 19. The van der Waals surface area contributed by atoms with E-state index < -0.39 is 84.5 Å². The molecule has 0 saturated heterocycles. The molecule has 240 valence electrons. The Morgan fingerprint density at radius 2 is 1.19 bits per heavy atom. The van der Waals surface area contributed by atoms with Gasteiger partial charge in [0.05, 0.1) is 19.0 Å². The Morgan fingerprint density at radius 3 is 1.67 bits per heavy atom. The maximum absolute atomic E-state index is 13.0. The first-order valence-electron chi connectivity index (χ1n) is 14.2. The quantitative estimate of drug-likeness (QED) is 0.0814. The van der Waals surface area contributed by atoms with Crippen LogP contribution in [0.2, 0.25) is 0 Å². The van der Waals surface area contributed by atoms with Crippen LogP contribution in [0.25, 0.3) is 0 Å². The van der Waals surface area contributed by atoms with Crippen molar-refractivity contribution in [2.24, 2.45) is 35.0 Å². The van der Waals surface area contributed by atoms with Gasteiger partial charge >= 0.3 is 0 Å². The summed E-state index contributed by atoms with van der Waals surface area (Å²) < 4.78 is 0. The number of hydrogen-bond acceptors (Lipinski definition) is 8. The molecule has 0 aromatic heterocycles. The Labute approximate surface area is 247 Å². The summed E-state index contributed by atoms with van der Waals surface area (Å²) in [6.45, 7) is 11.9. The van der Waals surface area contributed by atoms with E-state index in [9.17, 15) is 33.6 Å². The Bertz CT molecular complexity index is 972. The Kier molecular flexibility index (Phi) is 17.0. The molecular formula is C27H50N8O7. The molecule has 42 heavy (non-hydrogen) atoms. The largest absolute Gasteiger partial charge is 0.370 e. The molecule has 0 unspecified atom stereocenters. The van der Waals surface area contributed by atoms with Crippen molar-refractivity contribution >= 4 is 41.4 Å². The summed E-state index contributed by atoms with van der Waals surface area (Å²) in [5.41, 5.74) is 16.1. The summed E-state index contributed by atoms with van der Waals surface area (Å²) >= 11 is 0. The van der Waals surface area contributed by atoms with Crippen molar-refractivity contribution in [3.05, 3.63) is 0 Å². The Morgan fingerprint density at radius 1 is 0.667 bits per heavy atom. The molecule has 0 bridgehead atoms. The van der Waals surface area contributed by atoms with E-state index in [4.69, 9.17) is 17.2 Å². The van der Waals surface area contributed by atoms with Crippen LogP contribution in [0.3, 0.4) is 0 Å². The van der Waals surface area contributed by atoms with Crippen LogP contribution >= 0.6 is 0 Å². The van der Waals surface area contributed by atoms with Crippen LogP contribution in [0, 0.1) is 17.8 Å². The number of carbonyl (C=O) groups is 7. The molecule has 0 aliphatic carbocycles. The highest BCUT2D eigenvalue weighted by atomic mass is 16.2. The second-order valence-electron chi connectivity index (χ2n) is 11.4. The minimum atomic E-state index is -1.23. The van der Waals surface area contributed by atoms with Crippen molar-refractivity contribution in [3.63, 3.8) is 0 Å². The van der Waals surface area contributed by atoms with Gasteiger partial charge in [-0.25, -0.2) is 0 Å². The fourth-order valence-electron chi connectivity index (χ4n) is 3.90. The summed E-state index contributed by atoms with van der Waals surface area (Å²) in [4.78, 5) is 86.2. The predicted octanol–water partition coefficient (Wildman–Crippen LogP) is -2.11. The predicted molar refractivity (Wildman–Crippen MR) is 156 cm³/mol. The highest BCUT2D eigenvalue weighted by Crippen LogP contribution is 2.11. The zero-order valence-corrected chi connectivity index (χ0v) is 25.7. The van der Waals surface area contributed by atoms with Gasteiger partial charge in [0.25, 0.3) is 0 Å². The molecule has 0 aliphatic heterocycles. The van der Waals surface area contributed by atoms with Gasteiger partial charge in [-0.15, -0.1) is 0 Å². The number of carbonyl (C=O) groups excluding carboxylic acids is 7. The number of amides is 7. The van der Waals surface area contributed by atoms with Gasteiger partial charge in [-0.05, 0) is 37.5 Å². The summed E-state index contributed by atoms with van der Waals surface area (Å²) in [5.74, 6) is -4.98. The van der Waals surface area contributed by atoms with Crippen molar-refractivity contribution in [1.29, 1.82) is 0 Å². The molecule has 0 radical (unpaired) electrons. The molecule has 0 spiro atoms. The van der Waals surface area contributed by atoms with Crippen molar-refractivity contribution < 1.29 is 33.6 Å². The maximum Gasteiger partial charge on any atom is 0.243 e. The monoisotopic (exact) mass is 598 g/mol. The third kappa shape index (κ3) is 14.8. The molecular weight excluding hydrogens is 548 g/mol. The lowest BCUT2D eigenvalue weighted by Crippen LogP contribution is -2.58. The normalized spacial score (nSPS) is 15.4. The minimum Gasteiger partial charge on any atom is -0.370 e. The standard InChI is InChI=1S/C27H50N8O7/c1-8-15(6)22(27(42)33-18(23(30)38)9-13(2)3)35-24(39)16(7)32-21(37)12-31-26(41)19(10-14(4)5)34-25(40)17(28)11-20(29)36/h13-19,22H,8-12,28H2,1-7H3,(H2,29,36)(H2,30,38)(H,31,41)(H,32,37)(H,33,42)(H,34,40)(H,35,39)/t15-,16-,17-,18-,19-,22-/m0/s1. The fourth-order valence-corrected chi connectivity index (χ4v) is 3.90. The highest BCUT2D eigenvalue weighted by molar-refractivity contribution is 5.96. The molecule has 0 heterocycles. The van der Waals surface area contributed by atoms with Crippen LogP contribution in [0.5, 0.6) is 0 Å². The summed E-state index contributed by atoms with van der Waals surface area (Å²) in [6, 6.07) is -5.22. The van der Waals surface area contributed by atoms with Crippen LogP contribution in [-0.2, 0) is 33.6 Å². The van der Waals surface area contributed by atoms with E-state index >= 15 is 0 Å². The van der Waals surface area contributed by atoms with Gasteiger partial charge in [-0.3, -0.25) is 33.6 Å². The molecule has 0 aromatic rings. The lowest BCUT2D eigenvalue weighted by Gasteiger charge is -2.27.